The van der Waals surface area contributed by atoms with Crippen LogP contribution in [0.3, 0.4) is 0 Å². The van der Waals surface area contributed by atoms with E-state index in [1.54, 1.807) is 0 Å². The summed E-state index contributed by atoms with van der Waals surface area (Å²) in [7, 11) is 0. The molecule has 0 aromatic heterocycles. The molecule has 1 nitrogen and oxygen atoms in total. The summed E-state index contributed by atoms with van der Waals surface area (Å²) in [5.74, 6) is 13.8. The average molecular weight is 384 g/mol. The zero-order valence-corrected chi connectivity index (χ0v) is 16.5. The molecule has 142 valence electrons. The second-order valence-electron chi connectivity index (χ2n) is 6.68. The van der Waals surface area contributed by atoms with Crippen LogP contribution >= 0.6 is 0 Å². The van der Waals surface area contributed by atoms with E-state index >= 15 is 0 Å². The Labute approximate surface area is 178 Å². The van der Waals surface area contributed by atoms with Crippen molar-refractivity contribution in [3.8, 4) is 29.4 Å². The normalized spacial score (nSPS) is 9.60. The van der Waals surface area contributed by atoms with Crippen molar-refractivity contribution in [3.63, 3.8) is 0 Å². The molecule has 0 unspecified atom stereocenters. The van der Waals surface area contributed by atoms with E-state index in [9.17, 15) is 0 Å². The first-order valence-electron chi connectivity index (χ1n) is 9.82. The van der Waals surface area contributed by atoms with Crippen LogP contribution in [0.2, 0.25) is 0 Å². The lowest BCUT2D eigenvalue weighted by atomic mass is 10.1. The summed E-state index contributed by atoms with van der Waals surface area (Å²) in [5, 5.41) is 0. The van der Waals surface area contributed by atoms with Gasteiger partial charge < -0.3 is 4.74 Å². The predicted molar refractivity (Wildman–Crippen MR) is 122 cm³/mol. The van der Waals surface area contributed by atoms with E-state index < -0.39 is 0 Å². The molecule has 4 rings (SSSR count). The van der Waals surface area contributed by atoms with Gasteiger partial charge in [0.2, 0.25) is 0 Å². The van der Waals surface area contributed by atoms with Crippen molar-refractivity contribution in [3.05, 3.63) is 137 Å². The van der Waals surface area contributed by atoms with Crippen LogP contribution in [0.4, 0.5) is 0 Å². The van der Waals surface area contributed by atoms with E-state index in [1.165, 1.54) is 0 Å². The van der Waals surface area contributed by atoms with Crippen molar-refractivity contribution < 1.29 is 4.74 Å². The molecule has 0 aliphatic rings. The van der Waals surface area contributed by atoms with Gasteiger partial charge in [-0.2, -0.15) is 0 Å². The van der Waals surface area contributed by atoms with Crippen molar-refractivity contribution in [2.75, 3.05) is 0 Å². The van der Waals surface area contributed by atoms with Crippen LogP contribution < -0.4 is 4.74 Å². The van der Waals surface area contributed by atoms with Gasteiger partial charge in [0, 0.05) is 16.7 Å². The van der Waals surface area contributed by atoms with E-state index in [-0.39, 0.29) is 0 Å². The lowest BCUT2D eigenvalue weighted by molar-refractivity contribution is 0.305. The number of benzene rings is 4. The van der Waals surface area contributed by atoms with E-state index in [0.29, 0.717) is 6.61 Å². The maximum atomic E-state index is 6.02. The average Bonchev–Trinajstić information content (AvgIpc) is 2.82. The third-order valence-corrected chi connectivity index (χ3v) is 4.50. The van der Waals surface area contributed by atoms with Crippen molar-refractivity contribution in [1.82, 2.24) is 0 Å². The minimum Gasteiger partial charge on any atom is -0.488 e. The molecule has 0 bridgehead atoms. The lowest BCUT2D eigenvalue weighted by Gasteiger charge is -2.08. The molecule has 0 saturated heterocycles. The lowest BCUT2D eigenvalue weighted by Crippen LogP contribution is -1.96. The molecule has 0 radical (unpaired) electrons. The molecule has 4 aromatic carbocycles. The number of hydrogen-bond acceptors (Lipinski definition) is 1. The molecular formula is C29H20O. The first-order chi connectivity index (χ1) is 14.9. The van der Waals surface area contributed by atoms with Crippen LogP contribution in [-0.2, 0) is 6.61 Å². The number of para-hydroxylation sites is 1. The fourth-order valence-electron chi connectivity index (χ4n) is 2.93. The maximum absolute atomic E-state index is 6.02. The van der Waals surface area contributed by atoms with Crippen molar-refractivity contribution in [2.24, 2.45) is 0 Å². The summed E-state index contributed by atoms with van der Waals surface area (Å²) < 4.78 is 6.02. The van der Waals surface area contributed by atoms with Crippen molar-refractivity contribution in [2.45, 2.75) is 6.61 Å². The zero-order chi connectivity index (χ0) is 20.4. The first-order valence-corrected chi connectivity index (χ1v) is 9.82. The van der Waals surface area contributed by atoms with Crippen LogP contribution in [0.1, 0.15) is 27.8 Å². The van der Waals surface area contributed by atoms with Gasteiger partial charge in [-0.1, -0.05) is 96.5 Å². The minimum absolute atomic E-state index is 0.513. The van der Waals surface area contributed by atoms with Crippen LogP contribution in [0.25, 0.3) is 0 Å². The Morgan fingerprint density at radius 1 is 0.467 bits per heavy atom. The molecule has 0 amide bonds. The topological polar surface area (TPSA) is 9.23 Å². The van der Waals surface area contributed by atoms with Crippen molar-refractivity contribution in [1.29, 1.82) is 0 Å². The monoisotopic (exact) mass is 384 g/mol. The van der Waals surface area contributed by atoms with Gasteiger partial charge in [0.25, 0.3) is 0 Å². The summed E-state index contributed by atoms with van der Waals surface area (Å²) in [6.45, 7) is 0.513. The molecule has 4 aromatic rings. The summed E-state index contributed by atoms with van der Waals surface area (Å²) >= 11 is 0. The van der Waals surface area contributed by atoms with Crippen LogP contribution in [-0.4, -0.2) is 0 Å². The third kappa shape index (κ3) is 5.20. The molecule has 0 aliphatic carbocycles. The second-order valence-corrected chi connectivity index (χ2v) is 6.68. The van der Waals surface area contributed by atoms with E-state index in [0.717, 1.165) is 33.6 Å². The van der Waals surface area contributed by atoms with Gasteiger partial charge in [0.15, 0.2) is 0 Å². The minimum atomic E-state index is 0.513. The van der Waals surface area contributed by atoms with Gasteiger partial charge in [-0.05, 0) is 42.0 Å². The van der Waals surface area contributed by atoms with Gasteiger partial charge in [-0.25, -0.2) is 0 Å². The molecule has 0 aliphatic heterocycles. The number of hydrogen-bond donors (Lipinski definition) is 0. The Kier molecular flexibility index (Phi) is 6.27. The Morgan fingerprint density at radius 2 is 0.967 bits per heavy atom. The highest BCUT2D eigenvalue weighted by Gasteiger charge is 2.02. The Balaban J connectivity index is 1.57. The van der Waals surface area contributed by atoms with Crippen molar-refractivity contribution >= 4 is 0 Å². The Bertz CT molecular complexity index is 1230. The highest BCUT2D eigenvalue weighted by Crippen LogP contribution is 2.19. The molecule has 0 saturated carbocycles. The fourth-order valence-corrected chi connectivity index (χ4v) is 2.93. The predicted octanol–water partition coefficient (Wildman–Crippen LogP) is 6.07. The van der Waals surface area contributed by atoms with E-state index in [2.05, 4.69) is 35.8 Å². The van der Waals surface area contributed by atoms with Gasteiger partial charge in [0.05, 0.1) is 5.56 Å². The molecule has 30 heavy (non-hydrogen) atoms. The van der Waals surface area contributed by atoms with Gasteiger partial charge in [0.1, 0.15) is 12.4 Å². The van der Waals surface area contributed by atoms with Gasteiger partial charge in [-0.15, -0.1) is 0 Å². The second kappa shape index (κ2) is 9.83. The first kappa shape index (κ1) is 19.1. The molecule has 0 heterocycles. The Hall–Kier alpha value is -4.20. The van der Waals surface area contributed by atoms with Crippen LogP contribution in [0, 0.1) is 23.7 Å². The highest BCUT2D eigenvalue weighted by atomic mass is 16.5. The van der Waals surface area contributed by atoms with E-state index in [1.807, 2.05) is 97.1 Å². The molecule has 0 fully saturated rings. The van der Waals surface area contributed by atoms with E-state index in [4.69, 9.17) is 4.74 Å². The smallest absolute Gasteiger partial charge is 0.135 e. The van der Waals surface area contributed by atoms with Gasteiger partial charge >= 0.3 is 0 Å². The standard InChI is InChI=1S/C29H20O/c1-3-11-24(12-4-1)19-20-26-15-7-8-16-27(26)21-22-28-17-9-10-18-29(28)30-23-25-13-5-2-6-14-25/h1-18H,23H2. The molecule has 0 atom stereocenters. The zero-order valence-electron chi connectivity index (χ0n) is 16.5. The molecule has 1 heteroatoms. The third-order valence-electron chi connectivity index (χ3n) is 4.50. The number of ether oxygens (including phenoxy) is 1. The number of rotatable bonds is 3. The summed E-state index contributed by atoms with van der Waals surface area (Å²) in [4.78, 5) is 0. The summed E-state index contributed by atoms with van der Waals surface area (Å²) in [6, 6.07) is 35.9. The van der Waals surface area contributed by atoms with Crippen LogP contribution in [0.15, 0.2) is 109 Å². The SMILES string of the molecule is C(#Cc1ccccc1C#Cc1ccccc1OCc1ccccc1)c1ccccc1. The molecule has 0 spiro atoms. The molecular weight excluding hydrogens is 364 g/mol. The maximum Gasteiger partial charge on any atom is 0.135 e. The van der Waals surface area contributed by atoms with Crippen LogP contribution in [0.5, 0.6) is 5.75 Å². The van der Waals surface area contributed by atoms with Gasteiger partial charge in [-0.3, -0.25) is 0 Å². The summed E-state index contributed by atoms with van der Waals surface area (Å²) in [6.07, 6.45) is 0. The quantitative estimate of drug-likeness (QED) is 0.390. The Morgan fingerprint density at radius 3 is 1.67 bits per heavy atom. The fraction of sp³-hybridized carbons (Fsp3) is 0.0345. The highest BCUT2D eigenvalue weighted by molar-refractivity contribution is 5.56. The molecule has 0 N–H and O–H groups in total. The summed E-state index contributed by atoms with van der Waals surface area (Å²) in [5.41, 5.74) is 4.79. The largest absolute Gasteiger partial charge is 0.488 e.